The molecule has 0 saturated heterocycles. The number of nitrogen functional groups attached to an aromatic ring is 1. The van der Waals surface area contributed by atoms with Crippen molar-refractivity contribution in [1.82, 2.24) is 15.0 Å². The van der Waals surface area contributed by atoms with Crippen molar-refractivity contribution in [2.75, 3.05) is 5.73 Å². The number of aromatic nitrogens is 3. The van der Waals surface area contributed by atoms with Gasteiger partial charge in [-0.2, -0.15) is 5.26 Å². The average molecular weight is 197 g/mol. The van der Waals surface area contributed by atoms with Gasteiger partial charge in [0.1, 0.15) is 11.9 Å². The maximum Gasteiger partial charge on any atom is 0.159 e. The molecule has 2 aromatic rings. The first-order valence-electron chi connectivity index (χ1n) is 4.23. The molecule has 5 nitrogen and oxygen atoms in total. The zero-order chi connectivity index (χ0) is 10.7. The molecule has 0 aromatic carbocycles. The molecule has 15 heavy (non-hydrogen) atoms. The molecule has 2 N–H and O–H groups in total. The van der Waals surface area contributed by atoms with E-state index >= 15 is 0 Å². The highest BCUT2D eigenvalue weighted by atomic mass is 14.8. The number of nitriles is 1. The minimum Gasteiger partial charge on any atom is -0.384 e. The van der Waals surface area contributed by atoms with E-state index in [0.29, 0.717) is 11.5 Å². The molecule has 0 bridgehead atoms. The van der Waals surface area contributed by atoms with Gasteiger partial charge in [0, 0.05) is 11.8 Å². The van der Waals surface area contributed by atoms with Crippen LogP contribution in [-0.2, 0) is 0 Å². The molecular formula is C10H7N5. The van der Waals surface area contributed by atoms with Gasteiger partial charge in [0.15, 0.2) is 5.69 Å². The van der Waals surface area contributed by atoms with E-state index in [1.54, 1.807) is 24.5 Å². The second kappa shape index (κ2) is 3.72. The fraction of sp³-hybridized carbons (Fsp3) is 0. The van der Waals surface area contributed by atoms with Gasteiger partial charge in [-0.1, -0.05) is 0 Å². The maximum absolute atomic E-state index is 8.66. The molecule has 72 valence electrons. The zero-order valence-electron chi connectivity index (χ0n) is 7.75. The van der Waals surface area contributed by atoms with Crippen LogP contribution >= 0.6 is 0 Å². The van der Waals surface area contributed by atoms with Crippen LogP contribution in [0.25, 0.3) is 11.3 Å². The van der Waals surface area contributed by atoms with Gasteiger partial charge < -0.3 is 5.73 Å². The van der Waals surface area contributed by atoms with E-state index in [0.717, 1.165) is 5.56 Å². The predicted molar refractivity (Wildman–Crippen MR) is 54.4 cm³/mol. The van der Waals surface area contributed by atoms with Crippen molar-refractivity contribution in [2.24, 2.45) is 0 Å². The quantitative estimate of drug-likeness (QED) is 0.736. The van der Waals surface area contributed by atoms with Crippen LogP contribution in [-0.4, -0.2) is 15.0 Å². The number of hydrogen-bond donors (Lipinski definition) is 1. The van der Waals surface area contributed by atoms with Crippen molar-refractivity contribution >= 4 is 5.82 Å². The Hall–Kier alpha value is -2.48. The van der Waals surface area contributed by atoms with E-state index in [9.17, 15) is 0 Å². The summed E-state index contributed by atoms with van der Waals surface area (Å²) in [6, 6.07) is 5.39. The van der Waals surface area contributed by atoms with Gasteiger partial charge >= 0.3 is 0 Å². The summed E-state index contributed by atoms with van der Waals surface area (Å²) in [4.78, 5) is 11.9. The topological polar surface area (TPSA) is 88.5 Å². The monoisotopic (exact) mass is 197 g/mol. The van der Waals surface area contributed by atoms with Gasteiger partial charge in [-0.3, -0.25) is 4.98 Å². The molecular weight excluding hydrogens is 190 g/mol. The molecule has 5 heteroatoms. The van der Waals surface area contributed by atoms with Crippen molar-refractivity contribution in [2.45, 2.75) is 0 Å². The van der Waals surface area contributed by atoms with Crippen molar-refractivity contribution in [1.29, 1.82) is 5.26 Å². The molecule has 2 rings (SSSR count). The van der Waals surface area contributed by atoms with Crippen LogP contribution in [0.4, 0.5) is 5.82 Å². The number of anilines is 1. The summed E-state index contributed by atoms with van der Waals surface area (Å²) in [5, 5.41) is 8.66. The van der Waals surface area contributed by atoms with E-state index in [1.165, 1.54) is 6.20 Å². The average Bonchev–Trinajstić information content (AvgIpc) is 2.30. The number of nitrogens with zero attached hydrogens (tertiary/aromatic N) is 4. The van der Waals surface area contributed by atoms with E-state index in [1.807, 2.05) is 6.07 Å². The molecule has 0 aliphatic rings. The summed E-state index contributed by atoms with van der Waals surface area (Å²) in [5.74, 6) is 0.447. The minimum absolute atomic E-state index is 0.282. The lowest BCUT2D eigenvalue weighted by atomic mass is 10.2. The Morgan fingerprint density at radius 3 is 2.73 bits per heavy atom. The normalized spacial score (nSPS) is 9.53. The molecule has 2 aromatic heterocycles. The summed E-state index contributed by atoms with van der Waals surface area (Å²) in [6.07, 6.45) is 4.59. The van der Waals surface area contributed by atoms with Gasteiger partial charge in [-0.05, 0) is 12.1 Å². The van der Waals surface area contributed by atoms with E-state index in [2.05, 4.69) is 15.0 Å². The van der Waals surface area contributed by atoms with Gasteiger partial charge in [0.05, 0.1) is 18.1 Å². The molecule has 0 atom stereocenters. The number of pyridine rings is 1. The molecule has 0 fully saturated rings. The van der Waals surface area contributed by atoms with Crippen molar-refractivity contribution in [3.63, 3.8) is 0 Å². The Bertz CT molecular complexity index is 512. The Morgan fingerprint density at radius 2 is 2.07 bits per heavy atom. The summed E-state index contributed by atoms with van der Waals surface area (Å²) in [6.45, 7) is 0. The Kier molecular flexibility index (Phi) is 2.25. The van der Waals surface area contributed by atoms with Crippen LogP contribution in [0.1, 0.15) is 5.69 Å². The molecule has 0 aliphatic carbocycles. The van der Waals surface area contributed by atoms with E-state index in [-0.39, 0.29) is 5.69 Å². The summed E-state index contributed by atoms with van der Waals surface area (Å²) in [7, 11) is 0. The van der Waals surface area contributed by atoms with Crippen LogP contribution in [0.5, 0.6) is 0 Å². The third kappa shape index (κ3) is 1.89. The van der Waals surface area contributed by atoms with Crippen LogP contribution in [0.2, 0.25) is 0 Å². The Labute approximate surface area is 86.2 Å². The first-order chi connectivity index (χ1) is 7.29. The molecule has 0 spiro atoms. The number of rotatable bonds is 1. The van der Waals surface area contributed by atoms with Crippen molar-refractivity contribution < 1.29 is 0 Å². The standard InChI is InChI=1S/C10H7N5/c11-3-8-5-13-6-9(15-8)7-1-2-10(12)14-4-7/h1-2,4-6H,(H2,12,14). The molecule has 0 aliphatic heterocycles. The fourth-order valence-corrected chi connectivity index (χ4v) is 1.12. The van der Waals surface area contributed by atoms with Gasteiger partial charge in [0.25, 0.3) is 0 Å². The molecule has 2 heterocycles. The van der Waals surface area contributed by atoms with Crippen LogP contribution in [0, 0.1) is 11.3 Å². The first kappa shape index (κ1) is 9.09. The highest BCUT2D eigenvalue weighted by Crippen LogP contribution is 2.15. The first-order valence-corrected chi connectivity index (χ1v) is 4.23. The number of nitrogens with two attached hydrogens (primary N) is 1. The fourth-order valence-electron chi connectivity index (χ4n) is 1.12. The highest BCUT2D eigenvalue weighted by Gasteiger charge is 2.01. The smallest absolute Gasteiger partial charge is 0.159 e. The van der Waals surface area contributed by atoms with E-state index < -0.39 is 0 Å². The molecule has 0 amide bonds. The van der Waals surface area contributed by atoms with Crippen LogP contribution in [0.15, 0.2) is 30.7 Å². The Morgan fingerprint density at radius 1 is 1.20 bits per heavy atom. The SMILES string of the molecule is N#Cc1cncc(-c2ccc(N)nc2)n1. The van der Waals surface area contributed by atoms with Gasteiger partial charge in [0.2, 0.25) is 0 Å². The maximum atomic E-state index is 8.66. The van der Waals surface area contributed by atoms with Crippen LogP contribution in [0.3, 0.4) is 0 Å². The molecule has 0 unspecified atom stereocenters. The van der Waals surface area contributed by atoms with E-state index in [4.69, 9.17) is 11.0 Å². The molecule has 0 radical (unpaired) electrons. The minimum atomic E-state index is 0.282. The van der Waals surface area contributed by atoms with Crippen LogP contribution < -0.4 is 5.73 Å². The lowest BCUT2D eigenvalue weighted by Crippen LogP contribution is -1.92. The second-order valence-corrected chi connectivity index (χ2v) is 2.87. The predicted octanol–water partition coefficient (Wildman–Crippen LogP) is 0.992. The molecule has 0 saturated carbocycles. The lowest BCUT2D eigenvalue weighted by Gasteiger charge is -1.99. The van der Waals surface area contributed by atoms with Gasteiger partial charge in [-0.25, -0.2) is 9.97 Å². The third-order valence-electron chi connectivity index (χ3n) is 1.83. The summed E-state index contributed by atoms with van der Waals surface area (Å²) >= 11 is 0. The summed E-state index contributed by atoms with van der Waals surface area (Å²) < 4.78 is 0. The second-order valence-electron chi connectivity index (χ2n) is 2.87. The van der Waals surface area contributed by atoms with Crippen molar-refractivity contribution in [3.8, 4) is 17.3 Å². The zero-order valence-corrected chi connectivity index (χ0v) is 7.75. The summed E-state index contributed by atoms with van der Waals surface area (Å²) in [5.41, 5.74) is 7.14. The highest BCUT2D eigenvalue weighted by molar-refractivity contribution is 5.58. The van der Waals surface area contributed by atoms with Crippen molar-refractivity contribution in [3.05, 3.63) is 36.4 Å². The largest absolute Gasteiger partial charge is 0.384 e. The Balaban J connectivity index is 2.46. The van der Waals surface area contributed by atoms with Gasteiger partial charge in [-0.15, -0.1) is 0 Å². The lowest BCUT2D eigenvalue weighted by molar-refractivity contribution is 1.16. The third-order valence-corrected chi connectivity index (χ3v) is 1.83. The number of hydrogen-bond acceptors (Lipinski definition) is 5.